The van der Waals surface area contributed by atoms with Gasteiger partial charge < -0.3 is 15.1 Å². The zero-order valence-corrected chi connectivity index (χ0v) is 16.2. The molecular weight excluding hydrogens is 330 g/mol. The number of aromatic nitrogens is 2. The third-order valence-electron chi connectivity index (χ3n) is 5.96. The SMILES string of the molecule is Cc1c([C@H](C)NC(=O)N2CCC(CCN3CCCC3=O)CC2)cnn1C. The van der Waals surface area contributed by atoms with Crippen molar-refractivity contribution in [3.8, 4) is 0 Å². The molecule has 2 aliphatic heterocycles. The summed E-state index contributed by atoms with van der Waals surface area (Å²) in [6.45, 7) is 7.41. The lowest BCUT2D eigenvalue weighted by molar-refractivity contribution is -0.127. The molecule has 2 fully saturated rings. The van der Waals surface area contributed by atoms with Crippen LogP contribution in [0.15, 0.2) is 6.20 Å². The van der Waals surface area contributed by atoms with Crippen LogP contribution in [0.2, 0.25) is 0 Å². The van der Waals surface area contributed by atoms with Crippen LogP contribution in [0, 0.1) is 12.8 Å². The van der Waals surface area contributed by atoms with Crippen LogP contribution in [-0.2, 0) is 11.8 Å². The first kappa shape index (κ1) is 18.7. The highest BCUT2D eigenvalue weighted by molar-refractivity contribution is 5.78. The standard InChI is InChI=1S/C19H31N5O2/c1-14(17-13-20-22(3)15(17)2)21-19(26)24-11-7-16(8-12-24)6-10-23-9-4-5-18(23)25/h13-14,16H,4-12H2,1-3H3,(H,21,26)/t14-/m0/s1. The summed E-state index contributed by atoms with van der Waals surface area (Å²) in [5.41, 5.74) is 2.14. The van der Waals surface area contributed by atoms with E-state index in [-0.39, 0.29) is 12.1 Å². The van der Waals surface area contributed by atoms with Gasteiger partial charge in [-0.3, -0.25) is 9.48 Å². The second-order valence-corrected chi connectivity index (χ2v) is 7.68. The largest absolute Gasteiger partial charge is 0.343 e. The lowest BCUT2D eigenvalue weighted by atomic mass is 9.93. The summed E-state index contributed by atoms with van der Waals surface area (Å²) >= 11 is 0. The van der Waals surface area contributed by atoms with E-state index in [0.29, 0.717) is 18.2 Å². The van der Waals surface area contributed by atoms with Gasteiger partial charge in [0.1, 0.15) is 0 Å². The maximum absolute atomic E-state index is 12.6. The van der Waals surface area contributed by atoms with Gasteiger partial charge in [0.05, 0.1) is 12.2 Å². The van der Waals surface area contributed by atoms with Crippen molar-refractivity contribution in [3.63, 3.8) is 0 Å². The van der Waals surface area contributed by atoms with E-state index in [0.717, 1.165) is 63.1 Å². The number of nitrogens with one attached hydrogen (secondary N) is 1. The third kappa shape index (κ3) is 4.19. The predicted octanol–water partition coefficient (Wildman–Crippen LogP) is 2.22. The van der Waals surface area contributed by atoms with Crippen LogP contribution in [0.5, 0.6) is 0 Å². The molecule has 3 rings (SSSR count). The van der Waals surface area contributed by atoms with E-state index in [1.54, 1.807) is 0 Å². The van der Waals surface area contributed by atoms with Gasteiger partial charge in [0.25, 0.3) is 0 Å². The second kappa shape index (κ2) is 8.10. The van der Waals surface area contributed by atoms with E-state index >= 15 is 0 Å². The summed E-state index contributed by atoms with van der Waals surface area (Å²) in [4.78, 5) is 28.2. The van der Waals surface area contributed by atoms with Gasteiger partial charge in [-0.25, -0.2) is 4.79 Å². The van der Waals surface area contributed by atoms with Gasteiger partial charge in [-0.1, -0.05) is 0 Å². The van der Waals surface area contributed by atoms with E-state index in [2.05, 4.69) is 10.4 Å². The van der Waals surface area contributed by atoms with Gasteiger partial charge in [-0.15, -0.1) is 0 Å². The highest BCUT2D eigenvalue weighted by Crippen LogP contribution is 2.23. The van der Waals surface area contributed by atoms with Gasteiger partial charge in [-0.05, 0) is 45.4 Å². The highest BCUT2D eigenvalue weighted by atomic mass is 16.2. The quantitative estimate of drug-likeness (QED) is 0.874. The first-order valence-electron chi connectivity index (χ1n) is 9.77. The van der Waals surface area contributed by atoms with Crippen molar-refractivity contribution < 1.29 is 9.59 Å². The number of carbonyl (C=O) groups is 2. The number of likely N-dealkylation sites (tertiary alicyclic amines) is 2. The summed E-state index contributed by atoms with van der Waals surface area (Å²) in [5, 5.41) is 7.35. The molecule has 7 nitrogen and oxygen atoms in total. The van der Waals surface area contributed by atoms with Crippen LogP contribution in [0.25, 0.3) is 0 Å². The molecule has 0 aromatic carbocycles. The van der Waals surface area contributed by atoms with Gasteiger partial charge in [-0.2, -0.15) is 5.10 Å². The van der Waals surface area contributed by atoms with Crippen molar-refractivity contribution in [1.82, 2.24) is 24.9 Å². The van der Waals surface area contributed by atoms with Crippen molar-refractivity contribution in [2.45, 2.75) is 52.0 Å². The molecule has 0 radical (unpaired) electrons. The molecule has 0 aliphatic carbocycles. The fourth-order valence-corrected chi connectivity index (χ4v) is 4.00. The molecule has 0 spiro atoms. The number of aryl methyl sites for hydroxylation is 1. The van der Waals surface area contributed by atoms with Gasteiger partial charge >= 0.3 is 6.03 Å². The Morgan fingerprint density at radius 1 is 1.35 bits per heavy atom. The Hall–Kier alpha value is -2.05. The zero-order valence-electron chi connectivity index (χ0n) is 16.2. The van der Waals surface area contributed by atoms with Gasteiger partial charge in [0, 0.05) is 50.9 Å². The van der Waals surface area contributed by atoms with Crippen molar-refractivity contribution in [1.29, 1.82) is 0 Å². The molecule has 0 saturated carbocycles. The molecule has 0 unspecified atom stereocenters. The highest BCUT2D eigenvalue weighted by Gasteiger charge is 2.26. The van der Waals surface area contributed by atoms with Crippen LogP contribution in [0.3, 0.4) is 0 Å². The third-order valence-corrected chi connectivity index (χ3v) is 5.96. The smallest absolute Gasteiger partial charge is 0.317 e. The fourth-order valence-electron chi connectivity index (χ4n) is 4.00. The van der Waals surface area contributed by atoms with Crippen molar-refractivity contribution in [2.75, 3.05) is 26.2 Å². The minimum atomic E-state index is -0.0462. The molecule has 1 atom stereocenters. The van der Waals surface area contributed by atoms with E-state index in [9.17, 15) is 9.59 Å². The molecule has 7 heteroatoms. The number of nitrogens with zero attached hydrogens (tertiary/aromatic N) is 4. The first-order valence-corrected chi connectivity index (χ1v) is 9.77. The summed E-state index contributed by atoms with van der Waals surface area (Å²) in [6.07, 6.45) is 6.66. The molecule has 3 amide bonds. The molecule has 0 bridgehead atoms. The maximum atomic E-state index is 12.6. The molecule has 1 N–H and O–H groups in total. The normalized spacial score (nSPS) is 19.9. The van der Waals surface area contributed by atoms with E-state index < -0.39 is 0 Å². The van der Waals surface area contributed by atoms with E-state index in [4.69, 9.17) is 0 Å². The average molecular weight is 361 g/mol. The van der Waals surface area contributed by atoms with E-state index in [1.807, 2.05) is 41.6 Å². The number of hydrogen-bond acceptors (Lipinski definition) is 3. The monoisotopic (exact) mass is 361 g/mol. The Morgan fingerprint density at radius 3 is 2.65 bits per heavy atom. The van der Waals surface area contributed by atoms with Crippen molar-refractivity contribution >= 4 is 11.9 Å². The first-order chi connectivity index (χ1) is 12.5. The molecule has 3 heterocycles. The molecular formula is C19H31N5O2. The average Bonchev–Trinajstić information content (AvgIpc) is 3.19. The van der Waals surface area contributed by atoms with Crippen molar-refractivity contribution in [2.24, 2.45) is 13.0 Å². The van der Waals surface area contributed by atoms with Gasteiger partial charge in [0.2, 0.25) is 5.91 Å². The molecule has 1 aromatic heterocycles. The zero-order chi connectivity index (χ0) is 18.7. The minimum Gasteiger partial charge on any atom is -0.343 e. The Kier molecular flexibility index (Phi) is 5.84. The molecule has 144 valence electrons. The summed E-state index contributed by atoms with van der Waals surface area (Å²) < 4.78 is 1.83. The number of hydrogen-bond donors (Lipinski definition) is 1. The number of piperidine rings is 1. The summed E-state index contributed by atoms with van der Waals surface area (Å²) in [5.74, 6) is 0.923. The lowest BCUT2D eigenvalue weighted by Gasteiger charge is -2.33. The van der Waals surface area contributed by atoms with Gasteiger partial charge in [0.15, 0.2) is 0 Å². The molecule has 2 aliphatic rings. The predicted molar refractivity (Wildman–Crippen MR) is 99.6 cm³/mol. The number of rotatable bonds is 5. The molecule has 26 heavy (non-hydrogen) atoms. The topological polar surface area (TPSA) is 70.5 Å². The second-order valence-electron chi connectivity index (χ2n) is 7.68. The van der Waals surface area contributed by atoms with E-state index in [1.165, 1.54) is 0 Å². The minimum absolute atomic E-state index is 0.00826. The van der Waals surface area contributed by atoms with Crippen LogP contribution in [0.4, 0.5) is 4.79 Å². The Balaban J connectivity index is 1.42. The number of amides is 3. The molecule has 1 aromatic rings. The van der Waals surface area contributed by atoms with Crippen LogP contribution in [0.1, 0.15) is 56.3 Å². The number of carbonyl (C=O) groups excluding carboxylic acids is 2. The Labute approximate surface area is 155 Å². The van der Waals surface area contributed by atoms with Crippen LogP contribution in [-0.4, -0.2) is 57.7 Å². The van der Waals surface area contributed by atoms with Crippen molar-refractivity contribution in [3.05, 3.63) is 17.5 Å². The van der Waals surface area contributed by atoms with Crippen LogP contribution < -0.4 is 5.32 Å². The number of urea groups is 1. The summed E-state index contributed by atoms with van der Waals surface area (Å²) in [7, 11) is 1.91. The maximum Gasteiger partial charge on any atom is 0.317 e. The fraction of sp³-hybridized carbons (Fsp3) is 0.737. The Morgan fingerprint density at radius 2 is 2.08 bits per heavy atom. The van der Waals surface area contributed by atoms with Crippen LogP contribution >= 0.6 is 0 Å². The molecule has 2 saturated heterocycles. The lowest BCUT2D eigenvalue weighted by Crippen LogP contribution is -2.45. The Bertz CT molecular complexity index is 648. The summed E-state index contributed by atoms with van der Waals surface area (Å²) in [6, 6.07) is -0.0379.